The SMILES string of the molecule is COC(=O)C1CC2(OCCO2)C2CC2C1c1cc(F)ccc1F. The average molecular weight is 324 g/mol. The summed E-state index contributed by atoms with van der Waals surface area (Å²) >= 11 is 0. The predicted molar refractivity (Wildman–Crippen MR) is 75.5 cm³/mol. The van der Waals surface area contributed by atoms with E-state index >= 15 is 0 Å². The van der Waals surface area contributed by atoms with Crippen LogP contribution in [0.15, 0.2) is 18.2 Å². The number of hydrogen-bond acceptors (Lipinski definition) is 4. The number of halogens is 2. The van der Waals surface area contributed by atoms with E-state index in [0.717, 1.165) is 18.6 Å². The first-order chi connectivity index (χ1) is 11.1. The van der Waals surface area contributed by atoms with E-state index in [1.807, 2.05) is 0 Å². The molecular formula is C17H18F2O4. The van der Waals surface area contributed by atoms with Crippen molar-refractivity contribution >= 4 is 5.97 Å². The Morgan fingerprint density at radius 1 is 1.30 bits per heavy atom. The number of benzene rings is 1. The summed E-state index contributed by atoms with van der Waals surface area (Å²) in [4.78, 5) is 12.3. The fraction of sp³-hybridized carbons (Fsp3) is 0.588. The fourth-order valence-electron chi connectivity index (χ4n) is 4.40. The molecule has 0 aromatic heterocycles. The van der Waals surface area contributed by atoms with Crippen molar-refractivity contribution in [3.8, 4) is 0 Å². The molecule has 2 saturated carbocycles. The molecular weight excluding hydrogens is 306 g/mol. The van der Waals surface area contributed by atoms with Crippen molar-refractivity contribution in [1.82, 2.24) is 0 Å². The average Bonchev–Trinajstić information content (AvgIpc) is 3.23. The van der Waals surface area contributed by atoms with Crippen LogP contribution in [-0.2, 0) is 19.0 Å². The Kier molecular flexibility index (Phi) is 3.43. The van der Waals surface area contributed by atoms with Gasteiger partial charge in [0.05, 0.1) is 26.2 Å². The van der Waals surface area contributed by atoms with Crippen LogP contribution in [0.3, 0.4) is 0 Å². The summed E-state index contributed by atoms with van der Waals surface area (Å²) < 4.78 is 44.4. The highest BCUT2D eigenvalue weighted by molar-refractivity contribution is 5.74. The smallest absolute Gasteiger partial charge is 0.309 e. The molecule has 1 spiro atoms. The van der Waals surface area contributed by atoms with E-state index in [1.165, 1.54) is 13.2 Å². The van der Waals surface area contributed by atoms with Crippen molar-refractivity contribution in [2.45, 2.75) is 24.5 Å². The largest absolute Gasteiger partial charge is 0.469 e. The summed E-state index contributed by atoms with van der Waals surface area (Å²) in [5, 5.41) is 0. The van der Waals surface area contributed by atoms with Gasteiger partial charge in [-0.2, -0.15) is 0 Å². The quantitative estimate of drug-likeness (QED) is 0.785. The first-order valence-corrected chi connectivity index (χ1v) is 7.86. The van der Waals surface area contributed by atoms with Gasteiger partial charge in [-0.05, 0) is 36.1 Å². The molecule has 0 N–H and O–H groups in total. The molecule has 23 heavy (non-hydrogen) atoms. The monoisotopic (exact) mass is 324 g/mol. The molecule has 1 aliphatic heterocycles. The molecule has 4 unspecified atom stereocenters. The Labute approximate surface area is 132 Å². The van der Waals surface area contributed by atoms with Crippen molar-refractivity contribution in [3.63, 3.8) is 0 Å². The number of rotatable bonds is 2. The second kappa shape index (κ2) is 5.24. The molecule has 0 radical (unpaired) electrons. The lowest BCUT2D eigenvalue weighted by atomic mass is 9.72. The maximum atomic E-state index is 14.3. The Morgan fingerprint density at radius 3 is 2.74 bits per heavy atom. The highest BCUT2D eigenvalue weighted by atomic mass is 19.1. The molecule has 2 aliphatic carbocycles. The number of carbonyl (C=O) groups excluding carboxylic acids is 1. The van der Waals surface area contributed by atoms with Crippen LogP contribution >= 0.6 is 0 Å². The molecule has 6 heteroatoms. The third-order valence-corrected chi connectivity index (χ3v) is 5.40. The van der Waals surface area contributed by atoms with Gasteiger partial charge in [0.25, 0.3) is 0 Å². The standard InChI is InChI=1S/C17H18F2O4/c1-21-16(20)12-8-17(22-4-5-23-17)13-7-10(13)15(12)11-6-9(18)2-3-14(11)19/h2-3,6,10,12-13,15H,4-5,7-8H2,1H3. The van der Waals surface area contributed by atoms with Crippen molar-refractivity contribution < 1.29 is 27.8 Å². The molecule has 0 amide bonds. The number of carbonyl (C=O) groups is 1. The van der Waals surface area contributed by atoms with Crippen molar-refractivity contribution in [3.05, 3.63) is 35.4 Å². The van der Waals surface area contributed by atoms with Crippen LogP contribution in [0.2, 0.25) is 0 Å². The van der Waals surface area contributed by atoms with E-state index in [2.05, 4.69) is 0 Å². The molecule has 4 rings (SSSR count). The van der Waals surface area contributed by atoms with Gasteiger partial charge in [-0.15, -0.1) is 0 Å². The normalized spacial score (nSPS) is 34.2. The van der Waals surface area contributed by atoms with Crippen LogP contribution in [0.5, 0.6) is 0 Å². The van der Waals surface area contributed by atoms with E-state index in [9.17, 15) is 13.6 Å². The zero-order valence-electron chi connectivity index (χ0n) is 12.8. The van der Waals surface area contributed by atoms with Gasteiger partial charge in [0.1, 0.15) is 11.6 Å². The zero-order valence-corrected chi connectivity index (χ0v) is 12.8. The number of esters is 1. The van der Waals surface area contributed by atoms with E-state index in [4.69, 9.17) is 14.2 Å². The molecule has 0 bridgehead atoms. The summed E-state index contributed by atoms with van der Waals surface area (Å²) in [6.07, 6.45) is 1.11. The first kappa shape index (κ1) is 15.0. The summed E-state index contributed by atoms with van der Waals surface area (Å²) in [5.74, 6) is -3.01. The predicted octanol–water partition coefficient (Wildman–Crippen LogP) is 2.62. The number of ether oxygens (including phenoxy) is 3. The Bertz CT molecular complexity index is 641. The van der Waals surface area contributed by atoms with Crippen LogP contribution in [0.4, 0.5) is 8.78 Å². The maximum absolute atomic E-state index is 14.3. The lowest BCUT2D eigenvalue weighted by molar-refractivity contribution is -0.206. The summed E-state index contributed by atoms with van der Waals surface area (Å²) in [5.41, 5.74) is 0.251. The van der Waals surface area contributed by atoms with Gasteiger partial charge >= 0.3 is 5.97 Å². The zero-order chi connectivity index (χ0) is 16.2. The Morgan fingerprint density at radius 2 is 2.04 bits per heavy atom. The van der Waals surface area contributed by atoms with E-state index < -0.39 is 35.2 Å². The topological polar surface area (TPSA) is 44.8 Å². The minimum atomic E-state index is -0.760. The molecule has 3 aliphatic rings. The van der Waals surface area contributed by atoms with Gasteiger partial charge in [0.15, 0.2) is 5.79 Å². The van der Waals surface area contributed by atoms with Crippen LogP contribution in [0.1, 0.15) is 24.3 Å². The van der Waals surface area contributed by atoms with Gasteiger partial charge < -0.3 is 14.2 Å². The van der Waals surface area contributed by atoms with Crippen LogP contribution in [0.25, 0.3) is 0 Å². The minimum Gasteiger partial charge on any atom is -0.469 e. The molecule has 1 aromatic rings. The summed E-state index contributed by atoms with van der Waals surface area (Å²) in [6.45, 7) is 0.992. The second-order valence-electron chi connectivity index (χ2n) is 6.54. The van der Waals surface area contributed by atoms with E-state index in [1.54, 1.807) is 0 Å². The Hall–Kier alpha value is -1.53. The second-order valence-corrected chi connectivity index (χ2v) is 6.54. The van der Waals surface area contributed by atoms with Crippen LogP contribution < -0.4 is 0 Å². The van der Waals surface area contributed by atoms with Crippen molar-refractivity contribution in [2.75, 3.05) is 20.3 Å². The molecule has 4 atom stereocenters. The van der Waals surface area contributed by atoms with Crippen LogP contribution in [0, 0.1) is 29.4 Å². The van der Waals surface area contributed by atoms with E-state index in [-0.39, 0.29) is 17.4 Å². The summed E-state index contributed by atoms with van der Waals surface area (Å²) in [6, 6.07) is 3.40. The van der Waals surface area contributed by atoms with Gasteiger partial charge in [-0.1, -0.05) is 0 Å². The minimum absolute atomic E-state index is 0.0437. The lowest BCUT2D eigenvalue weighted by Gasteiger charge is -2.39. The third-order valence-electron chi connectivity index (χ3n) is 5.40. The third kappa shape index (κ3) is 2.27. The van der Waals surface area contributed by atoms with E-state index in [0.29, 0.717) is 19.6 Å². The highest BCUT2D eigenvalue weighted by Gasteiger charge is 2.66. The molecule has 4 nitrogen and oxygen atoms in total. The number of methoxy groups -OCH3 is 1. The Balaban J connectivity index is 1.74. The number of fused-ring (bicyclic) bond motifs is 2. The molecule has 1 aromatic carbocycles. The molecule has 3 fully saturated rings. The molecule has 124 valence electrons. The number of hydrogen-bond donors (Lipinski definition) is 0. The van der Waals surface area contributed by atoms with Gasteiger partial charge in [0.2, 0.25) is 0 Å². The van der Waals surface area contributed by atoms with Crippen molar-refractivity contribution in [1.29, 1.82) is 0 Å². The van der Waals surface area contributed by atoms with Crippen molar-refractivity contribution in [2.24, 2.45) is 17.8 Å². The maximum Gasteiger partial charge on any atom is 0.309 e. The van der Waals surface area contributed by atoms with Gasteiger partial charge in [-0.25, -0.2) is 8.78 Å². The molecule has 1 saturated heterocycles. The van der Waals surface area contributed by atoms with Gasteiger partial charge in [0, 0.05) is 18.3 Å². The van der Waals surface area contributed by atoms with Gasteiger partial charge in [-0.3, -0.25) is 4.79 Å². The lowest BCUT2D eigenvalue weighted by Crippen LogP contribution is -2.45. The summed E-state index contributed by atoms with van der Waals surface area (Å²) in [7, 11) is 1.31. The van der Waals surface area contributed by atoms with Crippen LogP contribution in [-0.4, -0.2) is 32.1 Å². The fourth-order valence-corrected chi connectivity index (χ4v) is 4.40. The highest BCUT2D eigenvalue weighted by Crippen LogP contribution is 2.65. The molecule has 1 heterocycles. The first-order valence-electron chi connectivity index (χ1n) is 7.86.